The van der Waals surface area contributed by atoms with E-state index in [-0.39, 0.29) is 12.6 Å². The molecule has 1 aromatic rings. The number of aliphatic hydroxyl groups is 1. The lowest BCUT2D eigenvalue weighted by Gasteiger charge is -2.36. The Balaban J connectivity index is 2.35. The summed E-state index contributed by atoms with van der Waals surface area (Å²) in [6.07, 6.45) is 0.597. The summed E-state index contributed by atoms with van der Waals surface area (Å²) in [6.45, 7) is 3.76. The zero-order valence-corrected chi connectivity index (χ0v) is 12.8. The second-order valence-corrected chi connectivity index (χ2v) is 5.76. The van der Waals surface area contributed by atoms with Crippen LogP contribution in [0.25, 0.3) is 0 Å². The van der Waals surface area contributed by atoms with Crippen molar-refractivity contribution < 1.29 is 5.11 Å². The van der Waals surface area contributed by atoms with Crippen LogP contribution < -0.4 is 5.32 Å². The molecule has 1 aromatic carbocycles. The summed E-state index contributed by atoms with van der Waals surface area (Å²) in [4.78, 5) is 2.29. The highest BCUT2D eigenvalue weighted by Gasteiger charge is 2.26. The van der Waals surface area contributed by atoms with Gasteiger partial charge in [-0.05, 0) is 18.6 Å². The first-order valence-corrected chi connectivity index (χ1v) is 7.47. The van der Waals surface area contributed by atoms with E-state index in [4.69, 9.17) is 34.8 Å². The SMILES string of the molecule is OCC[C@@H](c1c(Cl)ccc(Cl)c1Cl)N1CCNCC1. The molecule has 2 N–H and O–H groups in total. The van der Waals surface area contributed by atoms with Gasteiger partial charge in [-0.1, -0.05) is 34.8 Å². The Morgan fingerprint density at radius 3 is 2.42 bits per heavy atom. The Labute approximate surface area is 128 Å². The number of piperazine rings is 1. The van der Waals surface area contributed by atoms with E-state index >= 15 is 0 Å². The van der Waals surface area contributed by atoms with Gasteiger partial charge in [0.1, 0.15) is 0 Å². The molecule has 0 aromatic heterocycles. The largest absolute Gasteiger partial charge is 0.396 e. The van der Waals surface area contributed by atoms with Crippen LogP contribution in [-0.2, 0) is 0 Å². The Bertz CT molecular complexity index is 436. The summed E-state index contributed by atoms with van der Waals surface area (Å²) in [5.74, 6) is 0. The van der Waals surface area contributed by atoms with E-state index in [0.29, 0.717) is 21.5 Å². The van der Waals surface area contributed by atoms with Crippen LogP contribution in [0.15, 0.2) is 12.1 Å². The van der Waals surface area contributed by atoms with Crippen molar-refractivity contribution >= 4 is 34.8 Å². The number of rotatable bonds is 4. The molecule has 1 aliphatic heterocycles. The lowest BCUT2D eigenvalue weighted by atomic mass is 10.0. The zero-order valence-electron chi connectivity index (χ0n) is 10.5. The molecule has 106 valence electrons. The third-order valence-corrected chi connectivity index (χ3v) is 4.56. The molecule has 2 rings (SSSR count). The molecular formula is C13H17Cl3N2O. The number of aliphatic hydroxyl groups excluding tert-OH is 1. The van der Waals surface area contributed by atoms with E-state index in [9.17, 15) is 5.11 Å². The zero-order chi connectivity index (χ0) is 13.8. The molecule has 1 heterocycles. The average molecular weight is 324 g/mol. The van der Waals surface area contributed by atoms with Gasteiger partial charge in [0.25, 0.3) is 0 Å². The van der Waals surface area contributed by atoms with Crippen molar-refractivity contribution in [2.45, 2.75) is 12.5 Å². The maximum absolute atomic E-state index is 9.32. The second kappa shape index (κ2) is 7.11. The van der Waals surface area contributed by atoms with E-state index < -0.39 is 0 Å². The fourth-order valence-electron chi connectivity index (χ4n) is 2.47. The van der Waals surface area contributed by atoms with Crippen LogP contribution in [-0.4, -0.2) is 42.8 Å². The fraction of sp³-hybridized carbons (Fsp3) is 0.538. The van der Waals surface area contributed by atoms with Gasteiger partial charge in [0.15, 0.2) is 0 Å². The molecule has 0 unspecified atom stereocenters. The summed E-state index contributed by atoms with van der Waals surface area (Å²) in [5, 5.41) is 14.2. The summed E-state index contributed by atoms with van der Waals surface area (Å²) in [6, 6.07) is 3.46. The van der Waals surface area contributed by atoms with Crippen LogP contribution in [0.5, 0.6) is 0 Å². The van der Waals surface area contributed by atoms with Crippen molar-refractivity contribution in [1.29, 1.82) is 0 Å². The third kappa shape index (κ3) is 3.54. The Kier molecular flexibility index (Phi) is 5.75. The van der Waals surface area contributed by atoms with Gasteiger partial charge in [0, 0.05) is 49.4 Å². The number of halogens is 3. The van der Waals surface area contributed by atoms with Crippen molar-refractivity contribution in [3.05, 3.63) is 32.8 Å². The minimum Gasteiger partial charge on any atom is -0.396 e. The van der Waals surface area contributed by atoms with Gasteiger partial charge in [-0.15, -0.1) is 0 Å². The molecule has 1 saturated heterocycles. The van der Waals surface area contributed by atoms with Crippen LogP contribution in [0.4, 0.5) is 0 Å². The van der Waals surface area contributed by atoms with Crippen LogP contribution in [0, 0.1) is 0 Å². The maximum Gasteiger partial charge on any atom is 0.0655 e. The van der Waals surface area contributed by atoms with Gasteiger partial charge in [-0.25, -0.2) is 0 Å². The standard InChI is InChI=1S/C13H17Cl3N2O/c14-9-1-2-10(15)13(16)12(9)11(3-8-19)18-6-4-17-5-7-18/h1-2,11,17,19H,3-8H2/t11-/m0/s1. The molecule has 0 spiro atoms. The van der Waals surface area contributed by atoms with Crippen molar-refractivity contribution in [1.82, 2.24) is 10.2 Å². The minimum absolute atomic E-state index is 0.00537. The molecular weight excluding hydrogens is 307 g/mol. The predicted molar refractivity (Wildman–Crippen MR) is 80.4 cm³/mol. The highest BCUT2D eigenvalue weighted by molar-refractivity contribution is 6.44. The summed E-state index contributed by atoms with van der Waals surface area (Å²) in [5.41, 5.74) is 0.826. The van der Waals surface area contributed by atoms with Gasteiger partial charge in [-0.2, -0.15) is 0 Å². The fourth-order valence-corrected chi connectivity index (χ4v) is 3.26. The van der Waals surface area contributed by atoms with Crippen LogP contribution in [0.1, 0.15) is 18.0 Å². The van der Waals surface area contributed by atoms with Crippen molar-refractivity contribution in [3.63, 3.8) is 0 Å². The van der Waals surface area contributed by atoms with Gasteiger partial charge in [-0.3, -0.25) is 4.90 Å². The summed E-state index contributed by atoms with van der Waals surface area (Å²) < 4.78 is 0. The van der Waals surface area contributed by atoms with Gasteiger partial charge < -0.3 is 10.4 Å². The molecule has 0 saturated carbocycles. The van der Waals surface area contributed by atoms with Crippen LogP contribution in [0.3, 0.4) is 0 Å². The lowest BCUT2D eigenvalue weighted by Crippen LogP contribution is -2.45. The molecule has 19 heavy (non-hydrogen) atoms. The average Bonchev–Trinajstić information content (AvgIpc) is 2.43. The van der Waals surface area contributed by atoms with E-state index in [2.05, 4.69) is 10.2 Å². The molecule has 1 fully saturated rings. The molecule has 0 aliphatic carbocycles. The normalized spacial score (nSPS) is 18.5. The van der Waals surface area contributed by atoms with Crippen molar-refractivity contribution in [2.75, 3.05) is 32.8 Å². The third-order valence-electron chi connectivity index (χ3n) is 3.41. The number of nitrogens with one attached hydrogen (secondary N) is 1. The molecule has 1 atom stereocenters. The first-order valence-electron chi connectivity index (χ1n) is 6.34. The lowest BCUT2D eigenvalue weighted by molar-refractivity contribution is 0.141. The number of benzene rings is 1. The number of hydrogen-bond acceptors (Lipinski definition) is 3. The Morgan fingerprint density at radius 2 is 1.79 bits per heavy atom. The van der Waals surface area contributed by atoms with Crippen molar-refractivity contribution in [2.24, 2.45) is 0 Å². The minimum atomic E-state index is 0.00537. The van der Waals surface area contributed by atoms with E-state index in [1.54, 1.807) is 12.1 Å². The van der Waals surface area contributed by atoms with Crippen LogP contribution >= 0.6 is 34.8 Å². The smallest absolute Gasteiger partial charge is 0.0655 e. The highest BCUT2D eigenvalue weighted by Crippen LogP contribution is 2.39. The molecule has 1 aliphatic rings. The van der Waals surface area contributed by atoms with Gasteiger partial charge >= 0.3 is 0 Å². The molecule has 0 bridgehead atoms. The molecule has 3 nitrogen and oxygen atoms in total. The second-order valence-electron chi connectivity index (χ2n) is 4.57. The molecule has 0 amide bonds. The quantitative estimate of drug-likeness (QED) is 0.836. The van der Waals surface area contributed by atoms with Gasteiger partial charge in [0.2, 0.25) is 0 Å². The van der Waals surface area contributed by atoms with E-state index in [0.717, 1.165) is 31.7 Å². The number of nitrogens with zero attached hydrogens (tertiary/aromatic N) is 1. The molecule has 6 heteroatoms. The first kappa shape index (κ1) is 15.4. The monoisotopic (exact) mass is 322 g/mol. The highest BCUT2D eigenvalue weighted by atomic mass is 35.5. The summed E-state index contributed by atoms with van der Waals surface area (Å²) in [7, 11) is 0. The summed E-state index contributed by atoms with van der Waals surface area (Å²) >= 11 is 18.7. The predicted octanol–water partition coefficient (Wildman–Crippen LogP) is 2.98. The van der Waals surface area contributed by atoms with E-state index in [1.807, 2.05) is 0 Å². The van der Waals surface area contributed by atoms with Crippen LogP contribution in [0.2, 0.25) is 15.1 Å². The van der Waals surface area contributed by atoms with Gasteiger partial charge in [0.05, 0.1) is 10.0 Å². The maximum atomic E-state index is 9.32. The van der Waals surface area contributed by atoms with E-state index in [1.165, 1.54) is 0 Å². The first-order chi connectivity index (χ1) is 9.15. The number of hydrogen-bond donors (Lipinski definition) is 2. The van der Waals surface area contributed by atoms with Crippen molar-refractivity contribution in [3.8, 4) is 0 Å². The Hall–Kier alpha value is -0.0300. The Morgan fingerprint density at radius 1 is 1.16 bits per heavy atom. The molecule has 0 radical (unpaired) electrons. The topological polar surface area (TPSA) is 35.5 Å².